The van der Waals surface area contributed by atoms with Crippen LogP contribution >= 0.6 is 0 Å². The number of ether oxygens (including phenoxy) is 1. The Labute approximate surface area is 130 Å². The van der Waals surface area contributed by atoms with Gasteiger partial charge in [-0.1, -0.05) is 18.2 Å². The Balaban J connectivity index is 1.99. The highest BCUT2D eigenvalue weighted by Gasteiger charge is 2.13. The summed E-state index contributed by atoms with van der Waals surface area (Å²) in [5, 5.41) is 2.86. The standard InChI is InChI=1S/C17H21N3O2/c1-12(18)17(21)20-13(2)14-6-5-8-16(10-14)22-11-15-7-3-4-9-19-15/h3-10,12-13H,11,18H2,1-2H3,(H,20,21). The predicted octanol–water partition coefficient (Wildman–Crippen LogP) is 2.18. The monoisotopic (exact) mass is 299 g/mol. The molecule has 0 radical (unpaired) electrons. The van der Waals surface area contributed by atoms with Gasteiger partial charge < -0.3 is 15.8 Å². The zero-order valence-corrected chi connectivity index (χ0v) is 12.8. The molecule has 2 rings (SSSR count). The fourth-order valence-electron chi connectivity index (χ4n) is 1.94. The van der Waals surface area contributed by atoms with Gasteiger partial charge in [0.1, 0.15) is 12.4 Å². The number of nitrogens with zero attached hydrogens (tertiary/aromatic N) is 1. The zero-order chi connectivity index (χ0) is 15.9. The van der Waals surface area contributed by atoms with Gasteiger partial charge in [0.2, 0.25) is 5.91 Å². The van der Waals surface area contributed by atoms with Gasteiger partial charge in [0.05, 0.1) is 17.8 Å². The number of pyridine rings is 1. The third-order valence-electron chi connectivity index (χ3n) is 3.24. The van der Waals surface area contributed by atoms with Crippen LogP contribution in [0, 0.1) is 0 Å². The second-order valence-corrected chi connectivity index (χ2v) is 5.20. The lowest BCUT2D eigenvalue weighted by Gasteiger charge is -2.17. The van der Waals surface area contributed by atoms with Gasteiger partial charge in [-0.15, -0.1) is 0 Å². The number of rotatable bonds is 6. The fraction of sp³-hybridized carbons (Fsp3) is 0.294. The van der Waals surface area contributed by atoms with Gasteiger partial charge in [-0.3, -0.25) is 9.78 Å². The number of amides is 1. The Morgan fingerprint density at radius 1 is 1.27 bits per heavy atom. The summed E-state index contributed by atoms with van der Waals surface area (Å²) in [6, 6.07) is 12.7. The number of nitrogens with one attached hydrogen (secondary N) is 1. The van der Waals surface area contributed by atoms with Crippen molar-refractivity contribution >= 4 is 5.91 Å². The quantitative estimate of drug-likeness (QED) is 0.857. The first-order valence-corrected chi connectivity index (χ1v) is 7.25. The van der Waals surface area contributed by atoms with Gasteiger partial charge in [0.15, 0.2) is 0 Å². The van der Waals surface area contributed by atoms with Crippen LogP contribution in [0.15, 0.2) is 48.7 Å². The van der Waals surface area contributed by atoms with Crippen molar-refractivity contribution in [2.45, 2.75) is 32.5 Å². The second-order valence-electron chi connectivity index (χ2n) is 5.20. The normalized spacial score (nSPS) is 13.2. The molecule has 22 heavy (non-hydrogen) atoms. The molecule has 3 N–H and O–H groups in total. The number of carbonyl (C=O) groups excluding carboxylic acids is 1. The van der Waals surface area contributed by atoms with Crippen LogP contribution in [0.1, 0.15) is 31.1 Å². The minimum atomic E-state index is -0.522. The SMILES string of the molecule is CC(N)C(=O)NC(C)c1cccc(OCc2ccccn2)c1. The number of nitrogens with two attached hydrogens (primary N) is 1. The molecular formula is C17H21N3O2. The van der Waals surface area contributed by atoms with E-state index in [9.17, 15) is 4.79 Å². The number of benzene rings is 1. The van der Waals surface area contributed by atoms with E-state index in [0.29, 0.717) is 6.61 Å². The van der Waals surface area contributed by atoms with Gasteiger partial charge in [-0.2, -0.15) is 0 Å². The molecule has 0 aliphatic heterocycles. The third-order valence-corrected chi connectivity index (χ3v) is 3.24. The molecule has 116 valence electrons. The van der Waals surface area contributed by atoms with Crippen molar-refractivity contribution < 1.29 is 9.53 Å². The van der Waals surface area contributed by atoms with Crippen LogP contribution in [0.3, 0.4) is 0 Å². The highest BCUT2D eigenvalue weighted by atomic mass is 16.5. The fourth-order valence-corrected chi connectivity index (χ4v) is 1.94. The molecule has 5 heteroatoms. The van der Waals surface area contributed by atoms with Crippen LogP contribution in [-0.4, -0.2) is 16.9 Å². The molecule has 1 aromatic carbocycles. The van der Waals surface area contributed by atoms with Crippen molar-refractivity contribution in [1.29, 1.82) is 0 Å². The lowest BCUT2D eigenvalue weighted by Crippen LogP contribution is -2.39. The molecule has 2 aromatic rings. The maximum atomic E-state index is 11.6. The highest BCUT2D eigenvalue weighted by molar-refractivity contribution is 5.81. The summed E-state index contributed by atoms with van der Waals surface area (Å²) in [6.07, 6.45) is 1.74. The summed E-state index contributed by atoms with van der Waals surface area (Å²) in [4.78, 5) is 15.9. The second kappa shape index (κ2) is 7.56. The molecule has 1 amide bonds. The minimum absolute atomic E-state index is 0.128. The molecule has 0 bridgehead atoms. The van der Waals surface area contributed by atoms with Crippen LogP contribution in [0.4, 0.5) is 0 Å². The van der Waals surface area contributed by atoms with Crippen molar-refractivity contribution in [3.8, 4) is 5.75 Å². The zero-order valence-electron chi connectivity index (χ0n) is 12.8. The molecule has 0 saturated carbocycles. The molecule has 5 nitrogen and oxygen atoms in total. The number of carbonyl (C=O) groups is 1. The van der Waals surface area contributed by atoms with Crippen molar-refractivity contribution in [1.82, 2.24) is 10.3 Å². The predicted molar refractivity (Wildman–Crippen MR) is 85.2 cm³/mol. The number of aromatic nitrogens is 1. The Hall–Kier alpha value is -2.40. The lowest BCUT2D eigenvalue weighted by atomic mass is 10.1. The van der Waals surface area contributed by atoms with E-state index in [1.165, 1.54) is 0 Å². The van der Waals surface area contributed by atoms with Crippen molar-refractivity contribution in [2.75, 3.05) is 0 Å². The topological polar surface area (TPSA) is 77.2 Å². The van der Waals surface area contributed by atoms with E-state index >= 15 is 0 Å². The Bertz CT molecular complexity index is 614. The highest BCUT2D eigenvalue weighted by Crippen LogP contribution is 2.20. The first kappa shape index (κ1) is 16.0. The Morgan fingerprint density at radius 3 is 2.77 bits per heavy atom. The molecule has 2 atom stereocenters. The minimum Gasteiger partial charge on any atom is -0.487 e. The van der Waals surface area contributed by atoms with Crippen LogP contribution in [0.5, 0.6) is 5.75 Å². The average Bonchev–Trinajstić information content (AvgIpc) is 2.54. The van der Waals surface area contributed by atoms with Crippen molar-refractivity contribution in [2.24, 2.45) is 5.73 Å². The summed E-state index contributed by atoms with van der Waals surface area (Å²) in [5.74, 6) is 0.567. The van der Waals surface area contributed by atoms with Crippen LogP contribution in [-0.2, 0) is 11.4 Å². The van der Waals surface area contributed by atoms with Crippen molar-refractivity contribution in [3.05, 3.63) is 59.9 Å². The molecule has 0 saturated heterocycles. The number of hydrogen-bond donors (Lipinski definition) is 2. The molecule has 1 aromatic heterocycles. The summed E-state index contributed by atoms with van der Waals surface area (Å²) in [6.45, 7) is 3.98. The van der Waals surface area contributed by atoms with E-state index in [1.54, 1.807) is 13.1 Å². The van der Waals surface area contributed by atoms with E-state index in [1.807, 2.05) is 49.4 Å². The van der Waals surface area contributed by atoms with Gasteiger partial charge in [0, 0.05) is 6.20 Å². The maximum absolute atomic E-state index is 11.6. The molecule has 0 spiro atoms. The van der Waals surface area contributed by atoms with Crippen LogP contribution in [0.25, 0.3) is 0 Å². The molecule has 1 heterocycles. The van der Waals surface area contributed by atoms with Gasteiger partial charge in [-0.25, -0.2) is 0 Å². The van der Waals surface area contributed by atoms with E-state index in [-0.39, 0.29) is 11.9 Å². The third kappa shape index (κ3) is 4.56. The van der Waals surface area contributed by atoms with E-state index in [4.69, 9.17) is 10.5 Å². The first-order valence-electron chi connectivity index (χ1n) is 7.25. The van der Waals surface area contributed by atoms with E-state index < -0.39 is 6.04 Å². The van der Waals surface area contributed by atoms with E-state index in [2.05, 4.69) is 10.3 Å². The summed E-state index contributed by atoms with van der Waals surface area (Å²) >= 11 is 0. The first-order chi connectivity index (χ1) is 10.6. The summed E-state index contributed by atoms with van der Waals surface area (Å²) < 4.78 is 5.74. The van der Waals surface area contributed by atoms with Gasteiger partial charge >= 0.3 is 0 Å². The van der Waals surface area contributed by atoms with Gasteiger partial charge in [0.25, 0.3) is 0 Å². The maximum Gasteiger partial charge on any atom is 0.237 e. The largest absolute Gasteiger partial charge is 0.487 e. The molecule has 0 aliphatic carbocycles. The lowest BCUT2D eigenvalue weighted by molar-refractivity contribution is -0.122. The Morgan fingerprint density at radius 2 is 2.09 bits per heavy atom. The molecule has 0 fully saturated rings. The summed E-state index contributed by atoms with van der Waals surface area (Å²) in [5.41, 5.74) is 7.39. The Kier molecular flexibility index (Phi) is 5.49. The molecular weight excluding hydrogens is 278 g/mol. The molecule has 0 aliphatic rings. The van der Waals surface area contributed by atoms with E-state index in [0.717, 1.165) is 17.0 Å². The smallest absolute Gasteiger partial charge is 0.237 e. The average molecular weight is 299 g/mol. The van der Waals surface area contributed by atoms with Crippen molar-refractivity contribution in [3.63, 3.8) is 0 Å². The summed E-state index contributed by atoms with van der Waals surface area (Å²) in [7, 11) is 0. The molecule has 2 unspecified atom stereocenters. The number of hydrogen-bond acceptors (Lipinski definition) is 4. The van der Waals surface area contributed by atoms with Crippen LogP contribution in [0.2, 0.25) is 0 Å². The van der Waals surface area contributed by atoms with Gasteiger partial charge in [-0.05, 0) is 43.7 Å². The van der Waals surface area contributed by atoms with Crippen LogP contribution < -0.4 is 15.8 Å².